The van der Waals surface area contributed by atoms with Gasteiger partial charge in [0.1, 0.15) is 0 Å². The molecule has 178 valence electrons. The Balaban J connectivity index is 1.23. The van der Waals surface area contributed by atoms with Crippen LogP contribution in [0.1, 0.15) is 16.7 Å². The predicted octanol–water partition coefficient (Wildman–Crippen LogP) is 1.95. The Bertz CT molecular complexity index is 1060. The second-order valence-corrected chi connectivity index (χ2v) is 11.0. The van der Waals surface area contributed by atoms with Crippen molar-refractivity contribution in [3.05, 3.63) is 65.2 Å². The smallest absolute Gasteiger partial charge is 0.243 e. The van der Waals surface area contributed by atoms with Crippen LogP contribution in [0.15, 0.2) is 53.4 Å². The van der Waals surface area contributed by atoms with E-state index >= 15 is 0 Å². The Kier molecular flexibility index (Phi) is 7.48. The summed E-state index contributed by atoms with van der Waals surface area (Å²) in [4.78, 5) is 19.6. The number of carbonyl (C=O) groups excluding carboxylic acids is 1. The number of piperazine rings is 2. The third-order valence-electron chi connectivity index (χ3n) is 6.73. The second kappa shape index (κ2) is 10.3. The average Bonchev–Trinajstić information content (AvgIpc) is 2.82. The van der Waals surface area contributed by atoms with Gasteiger partial charge in [-0.3, -0.25) is 14.6 Å². The Morgan fingerprint density at radius 2 is 1.39 bits per heavy atom. The van der Waals surface area contributed by atoms with Crippen LogP contribution in [-0.4, -0.2) is 92.2 Å². The number of hydrogen-bond donors (Lipinski definition) is 0. The van der Waals surface area contributed by atoms with Crippen molar-refractivity contribution in [2.45, 2.75) is 25.3 Å². The number of rotatable bonds is 6. The highest BCUT2D eigenvalue weighted by atomic mass is 32.2. The van der Waals surface area contributed by atoms with E-state index in [4.69, 9.17) is 0 Å². The Morgan fingerprint density at radius 3 is 2.03 bits per heavy atom. The molecule has 2 fully saturated rings. The zero-order valence-corrected chi connectivity index (χ0v) is 20.4. The first-order valence-corrected chi connectivity index (χ1v) is 13.1. The van der Waals surface area contributed by atoms with Gasteiger partial charge in [0.25, 0.3) is 0 Å². The molecule has 2 heterocycles. The number of hydrogen-bond acceptors (Lipinski definition) is 5. The molecule has 0 unspecified atom stereocenters. The molecule has 8 heteroatoms. The summed E-state index contributed by atoms with van der Waals surface area (Å²) in [6, 6.07) is 15.4. The maximum Gasteiger partial charge on any atom is 0.243 e. The SMILES string of the molecule is Cc1ccc(S(=O)(=O)N2CCN(CC(=O)N3CCN(Cc4ccccc4C)CC3)CC2)cc1. The predicted molar refractivity (Wildman–Crippen MR) is 129 cm³/mol. The molecular formula is C25H34N4O3S. The number of benzene rings is 2. The highest BCUT2D eigenvalue weighted by Crippen LogP contribution is 2.18. The number of nitrogens with zero attached hydrogens (tertiary/aromatic N) is 4. The fraction of sp³-hybridized carbons (Fsp3) is 0.480. The summed E-state index contributed by atoms with van der Waals surface area (Å²) in [5.74, 6) is 0.139. The minimum Gasteiger partial charge on any atom is -0.339 e. The van der Waals surface area contributed by atoms with E-state index in [2.05, 4.69) is 41.0 Å². The molecule has 1 amide bonds. The minimum absolute atomic E-state index is 0.139. The molecule has 0 aliphatic carbocycles. The van der Waals surface area contributed by atoms with Gasteiger partial charge in [-0.05, 0) is 37.1 Å². The summed E-state index contributed by atoms with van der Waals surface area (Å²) in [7, 11) is -3.48. The summed E-state index contributed by atoms with van der Waals surface area (Å²) in [6.45, 7) is 10.6. The number of carbonyl (C=O) groups is 1. The first-order chi connectivity index (χ1) is 15.8. The van der Waals surface area contributed by atoms with Gasteiger partial charge >= 0.3 is 0 Å². The van der Waals surface area contributed by atoms with Gasteiger partial charge in [0, 0.05) is 58.9 Å². The van der Waals surface area contributed by atoms with Gasteiger partial charge in [0.2, 0.25) is 15.9 Å². The van der Waals surface area contributed by atoms with Crippen LogP contribution in [0, 0.1) is 13.8 Å². The van der Waals surface area contributed by atoms with Crippen LogP contribution in [0.3, 0.4) is 0 Å². The zero-order chi connectivity index (χ0) is 23.4. The third-order valence-corrected chi connectivity index (χ3v) is 8.64. The van der Waals surface area contributed by atoms with E-state index in [1.54, 1.807) is 12.1 Å². The molecule has 2 saturated heterocycles. The van der Waals surface area contributed by atoms with E-state index in [1.807, 2.05) is 24.0 Å². The van der Waals surface area contributed by atoms with E-state index in [9.17, 15) is 13.2 Å². The van der Waals surface area contributed by atoms with Crippen LogP contribution in [0.2, 0.25) is 0 Å². The number of amides is 1. The second-order valence-electron chi connectivity index (χ2n) is 9.08. The van der Waals surface area contributed by atoms with Crippen molar-refractivity contribution in [1.82, 2.24) is 19.0 Å². The average molecular weight is 471 g/mol. The molecule has 4 rings (SSSR count). The molecule has 0 radical (unpaired) electrons. The van der Waals surface area contributed by atoms with Crippen molar-refractivity contribution in [3.63, 3.8) is 0 Å². The van der Waals surface area contributed by atoms with Crippen LogP contribution in [-0.2, 0) is 21.4 Å². The molecule has 0 saturated carbocycles. The van der Waals surface area contributed by atoms with Gasteiger partial charge in [-0.25, -0.2) is 8.42 Å². The molecule has 2 aromatic rings. The van der Waals surface area contributed by atoms with Crippen molar-refractivity contribution in [2.24, 2.45) is 0 Å². The van der Waals surface area contributed by atoms with E-state index in [0.717, 1.165) is 38.3 Å². The fourth-order valence-corrected chi connectivity index (χ4v) is 5.88. The zero-order valence-electron chi connectivity index (χ0n) is 19.6. The lowest BCUT2D eigenvalue weighted by atomic mass is 10.1. The Morgan fingerprint density at radius 1 is 0.788 bits per heavy atom. The van der Waals surface area contributed by atoms with Gasteiger partial charge in [0.15, 0.2) is 0 Å². The lowest BCUT2D eigenvalue weighted by Crippen LogP contribution is -2.54. The largest absolute Gasteiger partial charge is 0.339 e. The van der Waals surface area contributed by atoms with Crippen LogP contribution in [0.25, 0.3) is 0 Å². The highest BCUT2D eigenvalue weighted by molar-refractivity contribution is 7.89. The van der Waals surface area contributed by atoms with E-state index < -0.39 is 10.0 Å². The van der Waals surface area contributed by atoms with Crippen LogP contribution in [0.5, 0.6) is 0 Å². The standard InChI is InChI=1S/C25H34N4O3S/c1-21-7-9-24(10-8-21)33(31,32)29-17-13-27(14-18-29)20-25(30)28-15-11-26(12-16-28)19-23-6-4-3-5-22(23)2/h3-10H,11-20H2,1-2H3. The topological polar surface area (TPSA) is 64.2 Å². The van der Waals surface area contributed by atoms with E-state index in [0.29, 0.717) is 37.6 Å². The number of aryl methyl sites for hydroxylation is 2. The third kappa shape index (κ3) is 5.81. The first-order valence-electron chi connectivity index (χ1n) is 11.7. The van der Waals surface area contributed by atoms with Crippen molar-refractivity contribution in [1.29, 1.82) is 0 Å². The lowest BCUT2D eigenvalue weighted by molar-refractivity contribution is -0.134. The Labute approximate surface area is 197 Å². The summed E-state index contributed by atoms with van der Waals surface area (Å²) >= 11 is 0. The monoisotopic (exact) mass is 470 g/mol. The molecule has 33 heavy (non-hydrogen) atoms. The normalized spacial score (nSPS) is 19.0. The van der Waals surface area contributed by atoms with Gasteiger partial charge < -0.3 is 4.90 Å². The van der Waals surface area contributed by atoms with Gasteiger partial charge in [-0.2, -0.15) is 4.31 Å². The molecule has 0 spiro atoms. The van der Waals surface area contributed by atoms with Gasteiger partial charge in [0.05, 0.1) is 11.4 Å². The van der Waals surface area contributed by atoms with Crippen LogP contribution < -0.4 is 0 Å². The fourth-order valence-electron chi connectivity index (χ4n) is 4.46. The Hall–Kier alpha value is -2.26. The van der Waals surface area contributed by atoms with Crippen molar-refractivity contribution < 1.29 is 13.2 Å². The summed E-state index contributed by atoms with van der Waals surface area (Å²) < 4.78 is 27.3. The number of sulfonamides is 1. The minimum atomic E-state index is -3.48. The van der Waals surface area contributed by atoms with E-state index in [-0.39, 0.29) is 5.91 Å². The molecule has 0 atom stereocenters. The van der Waals surface area contributed by atoms with Crippen LogP contribution in [0.4, 0.5) is 0 Å². The lowest BCUT2D eigenvalue weighted by Gasteiger charge is -2.37. The van der Waals surface area contributed by atoms with Gasteiger partial charge in [-0.1, -0.05) is 42.0 Å². The molecular weight excluding hydrogens is 436 g/mol. The van der Waals surface area contributed by atoms with Gasteiger partial charge in [-0.15, -0.1) is 0 Å². The van der Waals surface area contributed by atoms with Crippen molar-refractivity contribution in [3.8, 4) is 0 Å². The molecule has 2 aromatic carbocycles. The molecule has 2 aliphatic rings. The molecule has 0 aromatic heterocycles. The highest BCUT2D eigenvalue weighted by Gasteiger charge is 2.30. The maximum atomic E-state index is 12.9. The molecule has 7 nitrogen and oxygen atoms in total. The van der Waals surface area contributed by atoms with E-state index in [1.165, 1.54) is 15.4 Å². The molecule has 0 bridgehead atoms. The maximum absolute atomic E-state index is 12.9. The van der Waals surface area contributed by atoms with Crippen molar-refractivity contribution in [2.75, 3.05) is 58.9 Å². The first kappa shape index (κ1) is 23.9. The summed E-state index contributed by atoms with van der Waals surface area (Å²) in [5.41, 5.74) is 3.68. The summed E-state index contributed by atoms with van der Waals surface area (Å²) in [6.07, 6.45) is 0. The summed E-state index contributed by atoms with van der Waals surface area (Å²) in [5, 5.41) is 0. The molecule has 2 aliphatic heterocycles. The quantitative estimate of drug-likeness (QED) is 0.646. The van der Waals surface area contributed by atoms with Crippen LogP contribution >= 0.6 is 0 Å². The van der Waals surface area contributed by atoms with Crippen molar-refractivity contribution >= 4 is 15.9 Å². The molecule has 0 N–H and O–H groups in total.